The Kier molecular flexibility index (Phi) is 3.02. The van der Waals surface area contributed by atoms with E-state index in [1.807, 2.05) is 6.92 Å². The number of nitrogen functional groups attached to an aromatic ring is 1. The Balaban J connectivity index is 2.03. The van der Waals surface area contributed by atoms with Crippen molar-refractivity contribution in [2.45, 2.75) is 43.0 Å². The minimum Gasteiger partial charge on any atom is -0.399 e. The van der Waals surface area contributed by atoms with Gasteiger partial charge in [-0.25, -0.2) is 13.1 Å². The highest BCUT2D eigenvalue weighted by atomic mass is 32.2. The number of hydrogen-bond donors (Lipinski definition) is 3. The molecule has 1 aromatic heterocycles. The Morgan fingerprint density at radius 1 is 1.30 bits per heavy atom. The first-order chi connectivity index (χ1) is 9.40. The number of aromatic amines is 1. The minimum absolute atomic E-state index is 0.271. The van der Waals surface area contributed by atoms with Crippen LogP contribution in [0.2, 0.25) is 0 Å². The lowest BCUT2D eigenvalue weighted by Crippen LogP contribution is -2.43. The third-order valence-electron chi connectivity index (χ3n) is 4.05. The molecule has 0 unspecified atom stereocenters. The second kappa shape index (κ2) is 4.49. The van der Waals surface area contributed by atoms with Crippen LogP contribution in [-0.2, 0) is 10.0 Å². The summed E-state index contributed by atoms with van der Waals surface area (Å²) in [5, 5.41) is 0.638. The van der Waals surface area contributed by atoms with Crippen molar-refractivity contribution in [1.82, 2.24) is 9.71 Å². The number of H-pyrrole nitrogens is 1. The molecule has 1 saturated carbocycles. The Morgan fingerprint density at radius 3 is 2.70 bits per heavy atom. The molecule has 1 aliphatic carbocycles. The van der Waals surface area contributed by atoms with Crippen molar-refractivity contribution in [1.29, 1.82) is 0 Å². The molecule has 20 heavy (non-hydrogen) atoms. The third kappa shape index (κ3) is 2.29. The summed E-state index contributed by atoms with van der Waals surface area (Å²) < 4.78 is 28.1. The Hall–Kier alpha value is -1.53. The van der Waals surface area contributed by atoms with Gasteiger partial charge in [0, 0.05) is 28.3 Å². The van der Waals surface area contributed by atoms with Crippen LogP contribution in [0.4, 0.5) is 5.69 Å². The summed E-state index contributed by atoms with van der Waals surface area (Å²) in [6.45, 7) is 1.97. The van der Waals surface area contributed by atoms with Crippen LogP contribution in [0, 0.1) is 0 Å². The fraction of sp³-hybridized carbons (Fsp3) is 0.429. The van der Waals surface area contributed by atoms with Gasteiger partial charge in [0.2, 0.25) is 10.0 Å². The maximum Gasteiger partial charge on any atom is 0.243 e. The van der Waals surface area contributed by atoms with Crippen molar-refractivity contribution in [2.24, 2.45) is 0 Å². The highest BCUT2D eigenvalue weighted by Gasteiger charge is 2.34. The van der Waals surface area contributed by atoms with Crippen LogP contribution in [0.15, 0.2) is 29.3 Å². The van der Waals surface area contributed by atoms with Crippen LogP contribution >= 0.6 is 0 Å². The molecule has 0 bridgehead atoms. The van der Waals surface area contributed by atoms with E-state index in [-0.39, 0.29) is 10.4 Å². The van der Waals surface area contributed by atoms with Crippen LogP contribution in [0.25, 0.3) is 10.9 Å². The molecule has 1 aliphatic rings. The topological polar surface area (TPSA) is 88.0 Å². The van der Waals surface area contributed by atoms with Crippen LogP contribution in [0.1, 0.15) is 32.6 Å². The number of sulfonamides is 1. The average Bonchev–Trinajstić information content (AvgIpc) is 2.94. The predicted octanol–water partition coefficient (Wildman–Crippen LogP) is 2.36. The Labute approximate surface area is 118 Å². The maximum absolute atomic E-state index is 12.6. The zero-order chi connectivity index (χ0) is 14.4. The fourth-order valence-corrected chi connectivity index (χ4v) is 4.61. The summed E-state index contributed by atoms with van der Waals surface area (Å²) in [4.78, 5) is 3.26. The van der Waals surface area contributed by atoms with E-state index in [9.17, 15) is 8.42 Å². The quantitative estimate of drug-likeness (QED) is 0.759. The van der Waals surface area contributed by atoms with Gasteiger partial charge in [0.25, 0.3) is 0 Å². The number of anilines is 1. The standard InChI is InChI=1S/C14H19N3O2S/c1-14(6-2-3-7-14)17-20(18,19)13-9-16-12-5-4-10(15)8-11(12)13/h4-5,8-9,16-17H,2-3,6-7,15H2,1H3. The molecule has 2 aromatic rings. The number of nitrogens with one attached hydrogen (secondary N) is 2. The molecule has 0 amide bonds. The van der Waals surface area contributed by atoms with Gasteiger partial charge in [-0.2, -0.15) is 0 Å². The van der Waals surface area contributed by atoms with Crippen molar-refractivity contribution < 1.29 is 8.42 Å². The van der Waals surface area contributed by atoms with E-state index in [0.29, 0.717) is 11.1 Å². The van der Waals surface area contributed by atoms with Gasteiger partial charge in [-0.15, -0.1) is 0 Å². The summed E-state index contributed by atoms with van der Waals surface area (Å²) in [6.07, 6.45) is 5.44. The van der Waals surface area contributed by atoms with E-state index in [1.165, 1.54) is 6.20 Å². The van der Waals surface area contributed by atoms with Crippen LogP contribution in [0.5, 0.6) is 0 Å². The first-order valence-corrected chi connectivity index (χ1v) is 8.29. The van der Waals surface area contributed by atoms with Crippen molar-refractivity contribution >= 4 is 26.6 Å². The molecule has 1 aromatic carbocycles. The summed E-state index contributed by atoms with van der Waals surface area (Å²) in [5.74, 6) is 0. The molecule has 108 valence electrons. The van der Waals surface area contributed by atoms with Gasteiger partial charge in [0.1, 0.15) is 4.90 Å². The molecule has 5 nitrogen and oxygen atoms in total. The zero-order valence-corrected chi connectivity index (χ0v) is 12.3. The van der Waals surface area contributed by atoms with Crippen molar-refractivity contribution in [3.63, 3.8) is 0 Å². The van der Waals surface area contributed by atoms with Gasteiger partial charge < -0.3 is 10.7 Å². The number of benzene rings is 1. The number of aromatic nitrogens is 1. The van der Waals surface area contributed by atoms with Gasteiger partial charge in [0.15, 0.2) is 0 Å². The van der Waals surface area contributed by atoms with E-state index in [2.05, 4.69) is 9.71 Å². The molecule has 0 radical (unpaired) electrons. The van der Waals surface area contributed by atoms with Crippen LogP contribution < -0.4 is 10.5 Å². The van der Waals surface area contributed by atoms with Crippen molar-refractivity contribution in [3.8, 4) is 0 Å². The smallest absolute Gasteiger partial charge is 0.243 e. The van der Waals surface area contributed by atoms with Gasteiger partial charge in [-0.1, -0.05) is 12.8 Å². The molecule has 1 fully saturated rings. The van der Waals surface area contributed by atoms with Crippen LogP contribution in [0.3, 0.4) is 0 Å². The summed E-state index contributed by atoms with van der Waals surface area (Å²) in [5.41, 5.74) is 6.76. The fourth-order valence-electron chi connectivity index (χ4n) is 2.97. The molecular weight excluding hydrogens is 274 g/mol. The Morgan fingerprint density at radius 2 is 2.00 bits per heavy atom. The lowest BCUT2D eigenvalue weighted by Gasteiger charge is -2.24. The molecular formula is C14H19N3O2S. The Bertz CT molecular complexity index is 743. The van der Waals surface area contributed by atoms with Gasteiger partial charge >= 0.3 is 0 Å². The van der Waals surface area contributed by atoms with Gasteiger partial charge in [-0.3, -0.25) is 0 Å². The number of fused-ring (bicyclic) bond motifs is 1. The minimum atomic E-state index is -3.54. The monoisotopic (exact) mass is 293 g/mol. The molecule has 3 rings (SSSR count). The first-order valence-electron chi connectivity index (χ1n) is 6.80. The molecule has 1 heterocycles. The highest BCUT2D eigenvalue weighted by molar-refractivity contribution is 7.89. The number of nitrogens with two attached hydrogens (primary N) is 1. The molecule has 6 heteroatoms. The van der Waals surface area contributed by atoms with Gasteiger partial charge in [0.05, 0.1) is 0 Å². The summed E-state index contributed by atoms with van der Waals surface area (Å²) in [6, 6.07) is 5.24. The highest BCUT2D eigenvalue weighted by Crippen LogP contribution is 2.32. The second-order valence-electron chi connectivity index (χ2n) is 5.83. The number of rotatable bonds is 3. The van der Waals surface area contributed by atoms with E-state index in [0.717, 1.165) is 31.2 Å². The largest absolute Gasteiger partial charge is 0.399 e. The molecule has 0 spiro atoms. The van der Waals surface area contributed by atoms with Crippen molar-refractivity contribution in [2.75, 3.05) is 5.73 Å². The normalized spacial score (nSPS) is 18.6. The van der Waals surface area contributed by atoms with Gasteiger partial charge in [-0.05, 0) is 38.0 Å². The van der Waals surface area contributed by atoms with Crippen molar-refractivity contribution in [3.05, 3.63) is 24.4 Å². The lowest BCUT2D eigenvalue weighted by molar-refractivity contribution is 0.428. The van der Waals surface area contributed by atoms with E-state index < -0.39 is 10.0 Å². The number of hydrogen-bond acceptors (Lipinski definition) is 3. The SMILES string of the molecule is CC1(NS(=O)(=O)c2c[nH]c3ccc(N)cc23)CCCC1. The third-order valence-corrected chi connectivity index (χ3v) is 5.72. The first kappa shape index (κ1) is 13.5. The molecule has 4 N–H and O–H groups in total. The molecule has 0 aliphatic heterocycles. The summed E-state index contributed by atoms with van der Waals surface area (Å²) in [7, 11) is -3.54. The zero-order valence-electron chi connectivity index (χ0n) is 11.4. The van der Waals surface area contributed by atoms with Crippen LogP contribution in [-0.4, -0.2) is 18.9 Å². The second-order valence-corrected chi connectivity index (χ2v) is 7.48. The lowest BCUT2D eigenvalue weighted by atomic mass is 10.0. The molecule has 0 atom stereocenters. The van der Waals surface area contributed by atoms with E-state index in [1.54, 1.807) is 18.2 Å². The average molecular weight is 293 g/mol. The predicted molar refractivity (Wildman–Crippen MR) is 79.9 cm³/mol. The van der Waals surface area contributed by atoms with E-state index in [4.69, 9.17) is 5.73 Å². The van der Waals surface area contributed by atoms with E-state index >= 15 is 0 Å². The molecule has 0 saturated heterocycles. The maximum atomic E-state index is 12.6. The summed E-state index contributed by atoms with van der Waals surface area (Å²) >= 11 is 0.